The highest BCUT2D eigenvalue weighted by atomic mass is 32.1. The predicted octanol–water partition coefficient (Wildman–Crippen LogP) is 4.98. The largest absolute Gasteiger partial charge is 0.264 e. The van der Waals surface area contributed by atoms with E-state index in [2.05, 4.69) is 23.4 Å². The highest BCUT2D eigenvalue weighted by Crippen LogP contribution is 2.60. The molecular weight excluding hydrogens is 288 g/mol. The Hall–Kier alpha value is -1.22. The van der Waals surface area contributed by atoms with Gasteiger partial charge < -0.3 is 0 Å². The minimum atomic E-state index is 0.416. The number of thiazole rings is 1. The van der Waals surface area contributed by atoms with E-state index in [1.54, 1.807) is 0 Å². The van der Waals surface area contributed by atoms with Crippen LogP contribution in [0.3, 0.4) is 0 Å². The number of aromatic nitrogens is 2. The molecule has 2 aromatic heterocycles. The smallest absolute Gasteiger partial charge is 0.125 e. The van der Waals surface area contributed by atoms with E-state index < -0.39 is 0 Å². The van der Waals surface area contributed by atoms with Crippen molar-refractivity contribution >= 4 is 11.3 Å². The quantitative estimate of drug-likeness (QED) is 0.781. The maximum Gasteiger partial charge on any atom is 0.125 e. The van der Waals surface area contributed by atoms with Gasteiger partial charge in [0.1, 0.15) is 5.01 Å². The number of hydrogen-bond acceptors (Lipinski definition) is 3. The average Bonchev–Trinajstić information content (AvgIpc) is 2.97. The normalized spacial score (nSPS) is 36.0. The summed E-state index contributed by atoms with van der Waals surface area (Å²) in [5.74, 6) is 2.95. The Balaban J connectivity index is 1.53. The highest BCUT2D eigenvalue weighted by Gasteiger charge is 2.52. The molecule has 4 aliphatic rings. The van der Waals surface area contributed by atoms with Gasteiger partial charge in [0, 0.05) is 28.8 Å². The fraction of sp³-hybridized carbons (Fsp3) is 0.579. The van der Waals surface area contributed by atoms with E-state index in [1.807, 2.05) is 23.7 Å². The zero-order valence-corrected chi connectivity index (χ0v) is 13.9. The molecule has 0 radical (unpaired) electrons. The molecule has 0 aromatic carbocycles. The summed E-state index contributed by atoms with van der Waals surface area (Å²) >= 11 is 1.81. The fourth-order valence-corrected chi connectivity index (χ4v) is 6.77. The van der Waals surface area contributed by atoms with Gasteiger partial charge >= 0.3 is 0 Å². The van der Waals surface area contributed by atoms with Crippen LogP contribution in [0.15, 0.2) is 23.8 Å². The van der Waals surface area contributed by atoms with Crippen molar-refractivity contribution < 1.29 is 0 Å². The summed E-state index contributed by atoms with van der Waals surface area (Å²) in [7, 11) is 0. The van der Waals surface area contributed by atoms with Crippen molar-refractivity contribution in [3.63, 3.8) is 0 Å². The van der Waals surface area contributed by atoms with Gasteiger partial charge in [0.25, 0.3) is 0 Å². The van der Waals surface area contributed by atoms with Crippen LogP contribution in [0.2, 0.25) is 0 Å². The van der Waals surface area contributed by atoms with Gasteiger partial charge in [-0.2, -0.15) is 0 Å². The standard InChI is InChI=1S/C19H22N2S/c1-12-2-3-20-10-16(12)18-21-17(11-22-18)19-7-13-4-14(8-19)6-15(5-13)9-19/h2-3,10-11,13-15H,4-9H2,1H3. The van der Waals surface area contributed by atoms with Gasteiger partial charge in [0.2, 0.25) is 0 Å². The average molecular weight is 310 g/mol. The number of rotatable bonds is 2. The molecule has 0 aliphatic heterocycles. The fourth-order valence-electron chi connectivity index (χ4n) is 5.75. The number of hydrogen-bond donors (Lipinski definition) is 0. The molecule has 2 aromatic rings. The molecule has 22 heavy (non-hydrogen) atoms. The SMILES string of the molecule is Cc1ccncc1-c1nc(C23CC4CC(CC(C4)C2)C3)cs1. The van der Waals surface area contributed by atoms with Gasteiger partial charge in [-0.3, -0.25) is 4.98 Å². The zero-order chi connectivity index (χ0) is 14.7. The summed E-state index contributed by atoms with van der Waals surface area (Å²) in [6, 6.07) is 2.08. The van der Waals surface area contributed by atoms with E-state index in [-0.39, 0.29) is 0 Å². The number of pyridine rings is 1. The van der Waals surface area contributed by atoms with Crippen LogP contribution in [0.25, 0.3) is 10.6 Å². The van der Waals surface area contributed by atoms with Gasteiger partial charge in [0.05, 0.1) is 5.69 Å². The molecule has 0 atom stereocenters. The Kier molecular flexibility index (Phi) is 2.79. The van der Waals surface area contributed by atoms with Crippen LogP contribution in [-0.2, 0) is 5.41 Å². The molecule has 0 N–H and O–H groups in total. The number of aryl methyl sites for hydroxylation is 1. The first-order valence-electron chi connectivity index (χ1n) is 8.59. The molecule has 4 saturated carbocycles. The second-order valence-corrected chi connectivity index (χ2v) is 8.78. The molecule has 4 bridgehead atoms. The first-order valence-corrected chi connectivity index (χ1v) is 9.47. The highest BCUT2D eigenvalue weighted by molar-refractivity contribution is 7.13. The molecule has 4 aliphatic carbocycles. The van der Waals surface area contributed by atoms with Gasteiger partial charge in [-0.05, 0) is 74.8 Å². The molecule has 4 fully saturated rings. The van der Waals surface area contributed by atoms with Crippen molar-refractivity contribution in [3.05, 3.63) is 35.1 Å². The van der Waals surface area contributed by atoms with Crippen LogP contribution in [0.1, 0.15) is 49.8 Å². The summed E-state index contributed by atoms with van der Waals surface area (Å²) in [5, 5.41) is 3.52. The van der Waals surface area contributed by atoms with Gasteiger partial charge in [0.15, 0.2) is 0 Å². The lowest BCUT2D eigenvalue weighted by molar-refractivity contribution is -0.00689. The molecule has 2 nitrogen and oxygen atoms in total. The van der Waals surface area contributed by atoms with Crippen LogP contribution in [0.5, 0.6) is 0 Å². The van der Waals surface area contributed by atoms with Crippen LogP contribution < -0.4 is 0 Å². The Morgan fingerprint density at radius 1 is 1.09 bits per heavy atom. The van der Waals surface area contributed by atoms with Gasteiger partial charge in [-0.15, -0.1) is 11.3 Å². The second-order valence-electron chi connectivity index (χ2n) is 7.93. The maximum atomic E-state index is 5.11. The van der Waals surface area contributed by atoms with Crippen molar-refractivity contribution in [2.45, 2.75) is 50.9 Å². The van der Waals surface area contributed by atoms with Crippen molar-refractivity contribution in [2.24, 2.45) is 17.8 Å². The zero-order valence-electron chi connectivity index (χ0n) is 13.1. The summed E-state index contributed by atoms with van der Waals surface area (Å²) in [6.07, 6.45) is 12.5. The van der Waals surface area contributed by atoms with Crippen molar-refractivity contribution in [2.75, 3.05) is 0 Å². The number of nitrogens with zero attached hydrogens (tertiary/aromatic N) is 2. The van der Waals surface area contributed by atoms with Crippen LogP contribution in [0, 0.1) is 24.7 Å². The van der Waals surface area contributed by atoms with Gasteiger partial charge in [-0.25, -0.2) is 4.98 Å². The molecule has 114 valence electrons. The Bertz CT molecular complexity index is 682. The van der Waals surface area contributed by atoms with Crippen molar-refractivity contribution in [1.82, 2.24) is 9.97 Å². The Morgan fingerprint density at radius 2 is 1.77 bits per heavy atom. The van der Waals surface area contributed by atoms with Crippen molar-refractivity contribution in [3.8, 4) is 10.6 Å². The van der Waals surface area contributed by atoms with E-state index in [1.165, 1.54) is 55.3 Å². The van der Waals surface area contributed by atoms with E-state index in [0.717, 1.165) is 22.8 Å². The molecule has 3 heteroatoms. The summed E-state index contributed by atoms with van der Waals surface area (Å²) in [5.41, 5.74) is 4.30. The molecular formula is C19H22N2S. The third kappa shape index (κ3) is 1.91. The summed E-state index contributed by atoms with van der Waals surface area (Å²) in [4.78, 5) is 9.40. The minimum Gasteiger partial charge on any atom is -0.264 e. The minimum absolute atomic E-state index is 0.416. The Labute approximate surface area is 136 Å². The first kappa shape index (κ1) is 13.2. The van der Waals surface area contributed by atoms with Crippen LogP contribution in [0.4, 0.5) is 0 Å². The second kappa shape index (κ2) is 4.64. The lowest BCUT2D eigenvalue weighted by Gasteiger charge is -2.56. The van der Waals surface area contributed by atoms with E-state index in [0.29, 0.717) is 5.41 Å². The monoisotopic (exact) mass is 310 g/mol. The molecule has 0 saturated heterocycles. The topological polar surface area (TPSA) is 25.8 Å². The Morgan fingerprint density at radius 3 is 2.41 bits per heavy atom. The first-order chi connectivity index (χ1) is 10.7. The van der Waals surface area contributed by atoms with Crippen LogP contribution in [-0.4, -0.2) is 9.97 Å². The van der Waals surface area contributed by atoms with Crippen molar-refractivity contribution in [1.29, 1.82) is 0 Å². The van der Waals surface area contributed by atoms with E-state index >= 15 is 0 Å². The summed E-state index contributed by atoms with van der Waals surface area (Å²) < 4.78 is 0. The lowest BCUT2D eigenvalue weighted by Crippen LogP contribution is -2.48. The third-order valence-electron chi connectivity index (χ3n) is 6.36. The van der Waals surface area contributed by atoms with Gasteiger partial charge in [-0.1, -0.05) is 0 Å². The summed E-state index contributed by atoms with van der Waals surface area (Å²) in [6.45, 7) is 2.16. The molecule has 0 unspecified atom stereocenters. The molecule has 0 spiro atoms. The third-order valence-corrected chi connectivity index (χ3v) is 7.23. The molecule has 0 amide bonds. The van der Waals surface area contributed by atoms with E-state index in [9.17, 15) is 0 Å². The predicted molar refractivity (Wildman–Crippen MR) is 89.9 cm³/mol. The van der Waals surface area contributed by atoms with Crippen LogP contribution >= 0.6 is 11.3 Å². The molecule has 6 rings (SSSR count). The van der Waals surface area contributed by atoms with E-state index in [4.69, 9.17) is 4.98 Å². The molecule has 2 heterocycles. The lowest BCUT2D eigenvalue weighted by atomic mass is 9.49. The maximum absolute atomic E-state index is 5.11.